The van der Waals surface area contributed by atoms with E-state index in [4.69, 9.17) is 0 Å². The molecular weight excluding hydrogens is 411 g/mol. The second-order valence-electron chi connectivity index (χ2n) is 9.31. The minimum atomic E-state index is -1.70. The summed E-state index contributed by atoms with van der Waals surface area (Å²) in [5.41, 5.74) is -1.79. The zero-order valence-corrected chi connectivity index (χ0v) is 19.6. The van der Waals surface area contributed by atoms with Gasteiger partial charge in [0.15, 0.2) is 11.5 Å². The van der Waals surface area contributed by atoms with Gasteiger partial charge in [0.1, 0.15) is 0 Å². The number of allylic oxidation sites excluding steroid dienone is 4. The van der Waals surface area contributed by atoms with Gasteiger partial charge in [0, 0.05) is 16.4 Å². The largest absolute Gasteiger partial charge is 0.390 e. The molecule has 0 radical (unpaired) electrons. The van der Waals surface area contributed by atoms with Crippen molar-refractivity contribution in [1.29, 1.82) is 0 Å². The van der Waals surface area contributed by atoms with Crippen LogP contribution in [0.4, 0.5) is 4.39 Å². The lowest BCUT2D eigenvalue weighted by molar-refractivity contribution is -0.189. The zero-order chi connectivity index (χ0) is 20.4. The number of rotatable bonds is 4. The van der Waals surface area contributed by atoms with E-state index in [2.05, 4.69) is 19.4 Å². The lowest BCUT2D eigenvalue weighted by atomic mass is 9.46. The molecule has 0 heterocycles. The Labute approximate surface area is 180 Å². The van der Waals surface area contributed by atoms with Crippen LogP contribution in [0.2, 0.25) is 0 Å². The number of carbonyl (C=O) groups excluding carboxylic acids is 1. The third-order valence-electron chi connectivity index (χ3n) is 8.43. The zero-order valence-electron chi connectivity index (χ0n) is 17.2. The SMILES string of the molecule is CSCS[C@]1(SC)CC[C@H]2[C@@H]3CCC4=CC(=O)C=C[C@]4(C)C3(F)[C@@H](O)C[C@@]21C. The molecule has 6 heteroatoms. The molecule has 3 saturated carbocycles. The fourth-order valence-corrected chi connectivity index (χ4v) is 10.9. The summed E-state index contributed by atoms with van der Waals surface area (Å²) in [5, 5.41) is 12.4. The highest BCUT2D eigenvalue weighted by Gasteiger charge is 2.73. The summed E-state index contributed by atoms with van der Waals surface area (Å²) in [6.07, 6.45) is 12.3. The minimum absolute atomic E-state index is 0.0401. The highest BCUT2D eigenvalue weighted by atomic mass is 32.2. The first-order valence-electron chi connectivity index (χ1n) is 10.2. The molecule has 3 fully saturated rings. The Bertz CT molecular complexity index is 739. The Morgan fingerprint density at radius 1 is 1.25 bits per heavy atom. The molecule has 7 atom stereocenters. The third-order valence-corrected chi connectivity index (χ3v) is 13.2. The van der Waals surface area contributed by atoms with Gasteiger partial charge in [-0.25, -0.2) is 4.39 Å². The first-order valence-corrected chi connectivity index (χ1v) is 13.8. The van der Waals surface area contributed by atoms with E-state index in [0.29, 0.717) is 6.42 Å². The Kier molecular flexibility index (Phi) is 5.38. The number of hydrogen-bond donors (Lipinski definition) is 1. The van der Waals surface area contributed by atoms with Gasteiger partial charge in [-0.2, -0.15) is 11.8 Å². The van der Waals surface area contributed by atoms with Crippen LogP contribution >= 0.6 is 35.3 Å². The van der Waals surface area contributed by atoms with Crippen molar-refractivity contribution < 1.29 is 14.3 Å². The molecule has 28 heavy (non-hydrogen) atoms. The van der Waals surface area contributed by atoms with E-state index < -0.39 is 17.2 Å². The molecule has 0 amide bonds. The van der Waals surface area contributed by atoms with Crippen LogP contribution in [0, 0.1) is 22.7 Å². The number of hydrogen-bond acceptors (Lipinski definition) is 5. The van der Waals surface area contributed by atoms with E-state index in [1.54, 1.807) is 12.2 Å². The maximum atomic E-state index is 17.0. The Morgan fingerprint density at radius 2 is 2.00 bits per heavy atom. The summed E-state index contributed by atoms with van der Waals surface area (Å²) >= 11 is 5.76. The van der Waals surface area contributed by atoms with Gasteiger partial charge in [-0.1, -0.05) is 18.6 Å². The molecule has 0 bridgehead atoms. The molecule has 4 aliphatic rings. The van der Waals surface area contributed by atoms with Gasteiger partial charge in [0.05, 0.1) is 10.2 Å². The van der Waals surface area contributed by atoms with Crippen LogP contribution in [0.3, 0.4) is 0 Å². The van der Waals surface area contributed by atoms with Gasteiger partial charge in [0.25, 0.3) is 0 Å². The van der Waals surface area contributed by atoms with Crippen molar-refractivity contribution in [2.75, 3.05) is 17.6 Å². The van der Waals surface area contributed by atoms with Crippen LogP contribution in [0.5, 0.6) is 0 Å². The molecule has 0 spiro atoms. The van der Waals surface area contributed by atoms with Crippen LogP contribution in [-0.4, -0.2) is 44.3 Å². The monoisotopic (exact) mass is 442 g/mol. The van der Waals surface area contributed by atoms with Crippen molar-refractivity contribution in [2.45, 2.75) is 61.8 Å². The molecule has 0 saturated heterocycles. The van der Waals surface area contributed by atoms with Crippen molar-refractivity contribution >= 4 is 41.1 Å². The number of thioether (sulfide) groups is 3. The molecule has 156 valence electrons. The third kappa shape index (κ3) is 2.56. The number of aliphatic hydroxyl groups is 1. The van der Waals surface area contributed by atoms with Crippen LogP contribution in [0.1, 0.15) is 46.0 Å². The highest BCUT2D eigenvalue weighted by Crippen LogP contribution is 2.73. The lowest BCUT2D eigenvalue weighted by Gasteiger charge is -2.63. The van der Waals surface area contributed by atoms with E-state index in [9.17, 15) is 9.90 Å². The number of carbonyl (C=O) groups is 1. The van der Waals surface area contributed by atoms with Crippen molar-refractivity contribution in [1.82, 2.24) is 0 Å². The topological polar surface area (TPSA) is 37.3 Å². The maximum absolute atomic E-state index is 17.0. The van der Waals surface area contributed by atoms with Gasteiger partial charge < -0.3 is 5.11 Å². The molecule has 1 N–H and O–H groups in total. The van der Waals surface area contributed by atoms with Gasteiger partial charge in [0.2, 0.25) is 0 Å². The number of halogens is 1. The van der Waals surface area contributed by atoms with E-state index in [0.717, 1.165) is 36.3 Å². The molecule has 0 aromatic carbocycles. The standard InChI is InChI=1S/C22H31FO2S3/c1-19-9-7-15(24)11-14(19)5-6-17-16-8-10-21(27-4,28-13-26-3)20(16,2)12-18(25)22(17,19)23/h7,9,11,16-18,25H,5-6,8,10,12-13H2,1-4H3/t16-,17-,18-,19-,20-,21+,22?/m0/s1. The number of aliphatic hydroxyl groups excluding tert-OH is 1. The predicted molar refractivity (Wildman–Crippen MR) is 121 cm³/mol. The number of ketones is 1. The van der Waals surface area contributed by atoms with E-state index in [1.165, 1.54) is 6.08 Å². The number of alkyl halides is 1. The Morgan fingerprint density at radius 3 is 2.68 bits per heavy atom. The quantitative estimate of drug-likeness (QED) is 0.584. The van der Waals surface area contributed by atoms with Crippen molar-refractivity contribution in [2.24, 2.45) is 22.7 Å². The van der Waals surface area contributed by atoms with Gasteiger partial charge >= 0.3 is 0 Å². The summed E-state index contributed by atoms with van der Waals surface area (Å²) in [5.74, 6) is 0.0534. The normalized spacial score (nSPS) is 50.0. The molecular formula is C22H31FO2S3. The van der Waals surface area contributed by atoms with Crippen molar-refractivity contribution in [3.63, 3.8) is 0 Å². The van der Waals surface area contributed by atoms with Crippen molar-refractivity contribution in [3.05, 3.63) is 23.8 Å². The van der Waals surface area contributed by atoms with E-state index >= 15 is 4.39 Å². The highest BCUT2D eigenvalue weighted by molar-refractivity contribution is 8.24. The smallest absolute Gasteiger partial charge is 0.178 e. The van der Waals surface area contributed by atoms with E-state index in [1.807, 2.05) is 42.2 Å². The first-order chi connectivity index (χ1) is 13.2. The van der Waals surface area contributed by atoms with E-state index in [-0.39, 0.29) is 27.1 Å². The fraction of sp³-hybridized carbons (Fsp3) is 0.773. The maximum Gasteiger partial charge on any atom is 0.178 e. The average Bonchev–Trinajstić information content (AvgIpc) is 2.94. The van der Waals surface area contributed by atoms with Crippen LogP contribution in [0.25, 0.3) is 0 Å². The lowest BCUT2D eigenvalue weighted by Crippen LogP contribution is -2.67. The molecule has 4 rings (SSSR count). The first kappa shape index (κ1) is 21.3. The minimum Gasteiger partial charge on any atom is -0.390 e. The summed E-state index contributed by atoms with van der Waals surface area (Å²) in [4.78, 5) is 11.9. The summed E-state index contributed by atoms with van der Waals surface area (Å²) in [7, 11) is 0. The summed E-state index contributed by atoms with van der Waals surface area (Å²) < 4.78 is 17.0. The van der Waals surface area contributed by atoms with Crippen molar-refractivity contribution in [3.8, 4) is 0 Å². The van der Waals surface area contributed by atoms with Gasteiger partial charge in [-0.05, 0) is 75.0 Å². The summed E-state index contributed by atoms with van der Waals surface area (Å²) in [6, 6.07) is 0. The Balaban J connectivity index is 1.76. The molecule has 0 aliphatic heterocycles. The average molecular weight is 443 g/mol. The number of fused-ring (bicyclic) bond motifs is 5. The van der Waals surface area contributed by atoms with Gasteiger partial charge in [-0.15, -0.1) is 23.5 Å². The second-order valence-corrected chi connectivity index (χ2v) is 13.2. The predicted octanol–water partition coefficient (Wildman–Crippen LogP) is 5.47. The molecule has 2 nitrogen and oxygen atoms in total. The second kappa shape index (κ2) is 7.06. The van der Waals surface area contributed by atoms with Crippen LogP contribution in [0.15, 0.2) is 23.8 Å². The fourth-order valence-electron chi connectivity index (χ4n) is 6.94. The Hall–Kier alpha value is 0.0900. The summed E-state index contributed by atoms with van der Waals surface area (Å²) in [6.45, 7) is 4.21. The molecule has 4 aliphatic carbocycles. The molecule has 0 aromatic heterocycles. The molecule has 1 unspecified atom stereocenters. The van der Waals surface area contributed by atoms with Crippen LogP contribution in [-0.2, 0) is 4.79 Å². The molecule has 0 aromatic rings. The van der Waals surface area contributed by atoms with Gasteiger partial charge in [-0.3, -0.25) is 4.79 Å². The van der Waals surface area contributed by atoms with Crippen LogP contribution < -0.4 is 0 Å².